The fourth-order valence-corrected chi connectivity index (χ4v) is 2.85. The van der Waals surface area contributed by atoms with E-state index >= 15 is 0 Å². The molecule has 1 saturated heterocycles. The summed E-state index contributed by atoms with van der Waals surface area (Å²) in [5.74, 6) is 0.0693. The molecule has 0 bridgehead atoms. The summed E-state index contributed by atoms with van der Waals surface area (Å²) in [5.41, 5.74) is 5.48. The fourth-order valence-electron chi connectivity index (χ4n) is 2.31. The van der Waals surface area contributed by atoms with Crippen LogP contribution in [0.1, 0.15) is 37.6 Å². The molecule has 1 fully saturated rings. The average molecular weight is 283 g/mol. The summed E-state index contributed by atoms with van der Waals surface area (Å²) < 4.78 is 0. The van der Waals surface area contributed by atoms with Crippen molar-refractivity contribution >= 4 is 22.4 Å². The van der Waals surface area contributed by atoms with Gasteiger partial charge in [-0.15, -0.1) is 10.2 Å². The first kappa shape index (κ1) is 14.2. The van der Waals surface area contributed by atoms with Gasteiger partial charge in [-0.05, 0) is 39.3 Å². The number of rotatable bonds is 6. The molecule has 106 valence electrons. The molecule has 2 heterocycles. The average Bonchev–Trinajstić information content (AvgIpc) is 3.04. The number of nitrogens with two attached hydrogens (primary N) is 1. The third kappa shape index (κ3) is 4.43. The Morgan fingerprint density at radius 3 is 2.84 bits per heavy atom. The number of amides is 1. The standard InChI is InChI=1S/C12H21N5OS/c1-9(17-6-2-3-7-17)4-5-10(18)14-8-11-15-16-12(13)19-11/h9H,2-8H2,1H3,(H2,13,16)(H,14,18)/t9-/m0/s1. The molecular weight excluding hydrogens is 262 g/mol. The van der Waals surface area contributed by atoms with Crippen LogP contribution in [0.4, 0.5) is 5.13 Å². The van der Waals surface area contributed by atoms with Gasteiger partial charge in [-0.25, -0.2) is 0 Å². The van der Waals surface area contributed by atoms with Gasteiger partial charge >= 0.3 is 0 Å². The van der Waals surface area contributed by atoms with Crippen molar-refractivity contribution < 1.29 is 4.79 Å². The summed E-state index contributed by atoms with van der Waals surface area (Å²) in [6, 6.07) is 0.491. The lowest BCUT2D eigenvalue weighted by Crippen LogP contribution is -2.32. The molecule has 0 spiro atoms. The van der Waals surface area contributed by atoms with Gasteiger partial charge in [0.1, 0.15) is 5.01 Å². The van der Waals surface area contributed by atoms with E-state index in [4.69, 9.17) is 5.73 Å². The van der Waals surface area contributed by atoms with Crippen molar-refractivity contribution in [3.63, 3.8) is 0 Å². The van der Waals surface area contributed by atoms with Gasteiger partial charge in [-0.1, -0.05) is 11.3 Å². The maximum absolute atomic E-state index is 11.7. The number of likely N-dealkylation sites (tertiary alicyclic amines) is 1. The SMILES string of the molecule is C[C@@H](CCC(=O)NCc1nnc(N)s1)N1CCCC1. The minimum absolute atomic E-state index is 0.0693. The number of carbonyl (C=O) groups excluding carboxylic acids is 1. The van der Waals surface area contributed by atoms with Crippen LogP contribution < -0.4 is 11.1 Å². The van der Waals surface area contributed by atoms with Crippen LogP contribution in [0.2, 0.25) is 0 Å². The molecule has 0 aromatic carbocycles. The molecule has 7 heteroatoms. The van der Waals surface area contributed by atoms with Gasteiger partial charge in [-0.2, -0.15) is 0 Å². The van der Waals surface area contributed by atoms with Crippen molar-refractivity contribution in [1.82, 2.24) is 20.4 Å². The molecule has 1 aromatic rings. The summed E-state index contributed by atoms with van der Waals surface area (Å²) in [6.45, 7) is 4.97. The quantitative estimate of drug-likeness (QED) is 0.813. The number of anilines is 1. The normalized spacial score (nSPS) is 17.5. The molecule has 0 aliphatic carbocycles. The Hall–Kier alpha value is -1.21. The van der Waals surface area contributed by atoms with Crippen LogP contribution in [0, 0.1) is 0 Å². The highest BCUT2D eigenvalue weighted by Gasteiger charge is 2.18. The third-order valence-corrected chi connectivity index (χ3v) is 4.22. The van der Waals surface area contributed by atoms with Gasteiger partial charge in [0, 0.05) is 12.5 Å². The largest absolute Gasteiger partial charge is 0.374 e. The molecule has 0 radical (unpaired) electrons. The Labute approximate surface area is 117 Å². The van der Waals surface area contributed by atoms with Crippen molar-refractivity contribution in [3.05, 3.63) is 5.01 Å². The van der Waals surface area contributed by atoms with Crippen LogP contribution in [-0.4, -0.2) is 40.1 Å². The summed E-state index contributed by atoms with van der Waals surface area (Å²) in [5, 5.41) is 11.6. The first-order valence-corrected chi connectivity index (χ1v) is 7.55. The smallest absolute Gasteiger partial charge is 0.220 e. The van der Waals surface area contributed by atoms with Gasteiger partial charge in [0.05, 0.1) is 6.54 Å². The second kappa shape index (κ2) is 6.81. The predicted molar refractivity (Wildman–Crippen MR) is 75.7 cm³/mol. The molecule has 1 aliphatic rings. The van der Waals surface area contributed by atoms with E-state index in [-0.39, 0.29) is 5.91 Å². The van der Waals surface area contributed by atoms with Gasteiger partial charge in [0.25, 0.3) is 0 Å². The van der Waals surface area contributed by atoms with Gasteiger partial charge in [0.15, 0.2) is 0 Å². The van der Waals surface area contributed by atoms with Crippen LogP contribution >= 0.6 is 11.3 Å². The minimum Gasteiger partial charge on any atom is -0.374 e. The molecular formula is C12H21N5OS. The molecule has 0 saturated carbocycles. The summed E-state index contributed by atoms with van der Waals surface area (Å²) >= 11 is 1.31. The highest BCUT2D eigenvalue weighted by Crippen LogP contribution is 2.15. The van der Waals surface area contributed by atoms with Crippen LogP contribution in [-0.2, 0) is 11.3 Å². The van der Waals surface area contributed by atoms with Gasteiger partial charge in [-0.3, -0.25) is 4.79 Å². The van der Waals surface area contributed by atoms with E-state index in [2.05, 4.69) is 27.3 Å². The Morgan fingerprint density at radius 1 is 1.47 bits per heavy atom. The summed E-state index contributed by atoms with van der Waals surface area (Å²) in [7, 11) is 0. The lowest BCUT2D eigenvalue weighted by Gasteiger charge is -2.23. The molecule has 1 aliphatic heterocycles. The molecule has 3 N–H and O–H groups in total. The predicted octanol–water partition coefficient (Wildman–Crippen LogP) is 1.00. The molecule has 1 aromatic heterocycles. The van der Waals surface area contributed by atoms with Crippen LogP contribution in [0.5, 0.6) is 0 Å². The maximum Gasteiger partial charge on any atom is 0.220 e. The third-order valence-electron chi connectivity index (χ3n) is 3.47. The molecule has 6 nitrogen and oxygen atoms in total. The second-order valence-corrected chi connectivity index (χ2v) is 6.04. The van der Waals surface area contributed by atoms with Crippen LogP contribution in [0.3, 0.4) is 0 Å². The van der Waals surface area contributed by atoms with E-state index in [1.165, 1.54) is 37.3 Å². The molecule has 0 unspecified atom stereocenters. The Kier molecular flexibility index (Phi) is 5.09. The highest BCUT2D eigenvalue weighted by atomic mass is 32.1. The number of nitrogens with one attached hydrogen (secondary N) is 1. The number of hydrogen-bond acceptors (Lipinski definition) is 6. The maximum atomic E-state index is 11.7. The Morgan fingerprint density at radius 2 is 2.21 bits per heavy atom. The summed E-state index contributed by atoms with van der Waals surface area (Å²) in [4.78, 5) is 14.2. The highest BCUT2D eigenvalue weighted by molar-refractivity contribution is 7.15. The van der Waals surface area contributed by atoms with Crippen molar-refractivity contribution in [2.75, 3.05) is 18.8 Å². The number of nitrogens with zero attached hydrogens (tertiary/aromatic N) is 3. The molecule has 1 atom stereocenters. The molecule has 19 heavy (non-hydrogen) atoms. The zero-order chi connectivity index (χ0) is 13.7. The van der Waals surface area contributed by atoms with Gasteiger partial charge in [0.2, 0.25) is 11.0 Å². The zero-order valence-electron chi connectivity index (χ0n) is 11.3. The lowest BCUT2D eigenvalue weighted by atomic mass is 10.1. The van der Waals surface area contributed by atoms with Crippen molar-refractivity contribution in [3.8, 4) is 0 Å². The van der Waals surface area contributed by atoms with E-state index in [1.807, 2.05) is 0 Å². The van der Waals surface area contributed by atoms with Crippen LogP contribution in [0.25, 0.3) is 0 Å². The first-order chi connectivity index (χ1) is 9.15. The van der Waals surface area contributed by atoms with E-state index in [0.29, 0.717) is 24.1 Å². The van der Waals surface area contributed by atoms with E-state index in [1.54, 1.807) is 0 Å². The topological polar surface area (TPSA) is 84.1 Å². The molecule has 1 amide bonds. The number of carbonyl (C=O) groups is 1. The fraction of sp³-hybridized carbons (Fsp3) is 0.750. The van der Waals surface area contributed by atoms with Gasteiger partial charge < -0.3 is 16.0 Å². The lowest BCUT2D eigenvalue weighted by molar-refractivity contribution is -0.121. The van der Waals surface area contributed by atoms with E-state index in [0.717, 1.165) is 11.4 Å². The van der Waals surface area contributed by atoms with E-state index < -0.39 is 0 Å². The second-order valence-electron chi connectivity index (χ2n) is 4.94. The summed E-state index contributed by atoms with van der Waals surface area (Å²) in [6.07, 6.45) is 4.04. The van der Waals surface area contributed by atoms with Crippen molar-refractivity contribution in [1.29, 1.82) is 0 Å². The zero-order valence-corrected chi connectivity index (χ0v) is 12.1. The van der Waals surface area contributed by atoms with Crippen molar-refractivity contribution in [2.24, 2.45) is 0 Å². The monoisotopic (exact) mass is 283 g/mol. The number of hydrogen-bond donors (Lipinski definition) is 2. The Bertz CT molecular complexity index is 416. The first-order valence-electron chi connectivity index (χ1n) is 6.74. The van der Waals surface area contributed by atoms with Crippen molar-refractivity contribution in [2.45, 2.75) is 45.2 Å². The Balaban J connectivity index is 1.64. The molecule has 2 rings (SSSR count). The van der Waals surface area contributed by atoms with E-state index in [9.17, 15) is 4.79 Å². The minimum atomic E-state index is 0.0693. The number of aromatic nitrogens is 2. The number of nitrogen functional groups attached to an aromatic ring is 1. The van der Waals surface area contributed by atoms with Crippen LogP contribution in [0.15, 0.2) is 0 Å².